The van der Waals surface area contributed by atoms with Crippen LogP contribution >= 0.6 is 15.9 Å². The predicted molar refractivity (Wildman–Crippen MR) is 51.1 cm³/mol. The summed E-state index contributed by atoms with van der Waals surface area (Å²) in [6.45, 7) is 0. The Morgan fingerprint density at radius 3 is 2.58 bits per heavy atom. The molecule has 1 nitrogen and oxygen atoms in total. The van der Waals surface area contributed by atoms with Gasteiger partial charge in [0.05, 0.1) is 0 Å². The second-order valence-electron chi connectivity index (χ2n) is 3.08. The largest absolute Gasteiger partial charge is 0.299 e. The molecule has 1 aromatic carbocycles. The molecule has 0 aliphatic heterocycles. The highest BCUT2D eigenvalue weighted by Gasteiger charge is 2.30. The summed E-state index contributed by atoms with van der Waals surface area (Å²) in [7, 11) is 0. The van der Waals surface area contributed by atoms with Crippen LogP contribution in [0.15, 0.2) is 28.7 Å². The van der Waals surface area contributed by atoms with E-state index in [9.17, 15) is 4.79 Å². The molecule has 0 bridgehead atoms. The molecule has 2 rings (SSSR count). The third kappa shape index (κ3) is 1.20. The smallest absolute Gasteiger partial charge is 0.140 e. The fourth-order valence-electron chi connectivity index (χ4n) is 1.49. The quantitative estimate of drug-likeness (QED) is 0.718. The van der Waals surface area contributed by atoms with Crippen LogP contribution in [-0.4, -0.2) is 5.78 Å². The molecule has 1 aromatic rings. The molecule has 0 spiro atoms. The predicted octanol–water partition coefficient (Wildman–Crippen LogP) is 2.90. The maximum absolute atomic E-state index is 11.2. The molecule has 1 aliphatic rings. The lowest BCUT2D eigenvalue weighted by molar-refractivity contribution is -0.125. The molecule has 0 heterocycles. The lowest BCUT2D eigenvalue weighted by atomic mass is 9.79. The highest BCUT2D eigenvalue weighted by molar-refractivity contribution is 9.10. The van der Waals surface area contributed by atoms with Crippen LogP contribution in [0.5, 0.6) is 0 Å². The Morgan fingerprint density at radius 2 is 2.08 bits per heavy atom. The number of halogens is 1. The van der Waals surface area contributed by atoms with Gasteiger partial charge in [-0.15, -0.1) is 0 Å². The first-order valence-corrected chi connectivity index (χ1v) is 4.85. The van der Waals surface area contributed by atoms with Gasteiger partial charge in [-0.05, 0) is 18.1 Å². The number of ketones is 1. The van der Waals surface area contributed by atoms with Gasteiger partial charge < -0.3 is 0 Å². The summed E-state index contributed by atoms with van der Waals surface area (Å²) in [5.74, 6) is 0.544. The molecule has 0 radical (unpaired) electrons. The van der Waals surface area contributed by atoms with E-state index < -0.39 is 0 Å². The zero-order valence-electron chi connectivity index (χ0n) is 6.59. The van der Waals surface area contributed by atoms with Gasteiger partial charge in [0.1, 0.15) is 5.78 Å². The minimum atomic E-state index is 0.167. The number of hydrogen-bond donors (Lipinski definition) is 0. The maximum atomic E-state index is 11.2. The van der Waals surface area contributed by atoms with Gasteiger partial charge in [0.2, 0.25) is 0 Å². The highest BCUT2D eigenvalue weighted by atomic mass is 79.9. The van der Waals surface area contributed by atoms with Crippen molar-refractivity contribution in [3.8, 4) is 0 Å². The fraction of sp³-hybridized carbons (Fsp3) is 0.300. The molecule has 0 N–H and O–H groups in total. The summed E-state index contributed by atoms with van der Waals surface area (Å²) >= 11 is 3.45. The van der Waals surface area contributed by atoms with E-state index in [4.69, 9.17) is 0 Å². The third-order valence-electron chi connectivity index (χ3n) is 2.35. The Morgan fingerprint density at radius 1 is 1.33 bits per heavy atom. The normalized spacial score (nSPS) is 22.1. The molecule has 1 atom stereocenters. The molecule has 62 valence electrons. The van der Waals surface area contributed by atoms with Gasteiger partial charge >= 0.3 is 0 Å². The van der Waals surface area contributed by atoms with Gasteiger partial charge in [-0.3, -0.25) is 4.79 Å². The summed E-state index contributed by atoms with van der Waals surface area (Å²) in [4.78, 5) is 11.2. The molecule has 1 saturated carbocycles. The zero-order chi connectivity index (χ0) is 8.55. The van der Waals surface area contributed by atoms with Crippen LogP contribution in [0.1, 0.15) is 24.3 Å². The van der Waals surface area contributed by atoms with E-state index in [1.54, 1.807) is 0 Å². The van der Waals surface area contributed by atoms with Crippen LogP contribution in [0, 0.1) is 0 Å². The molecule has 0 amide bonds. The Labute approximate surface area is 79.9 Å². The van der Waals surface area contributed by atoms with E-state index in [1.165, 1.54) is 0 Å². The third-order valence-corrected chi connectivity index (χ3v) is 3.07. The molecule has 1 unspecified atom stereocenters. The van der Waals surface area contributed by atoms with Crippen molar-refractivity contribution in [1.29, 1.82) is 0 Å². The van der Waals surface area contributed by atoms with Gasteiger partial charge in [0, 0.05) is 16.8 Å². The van der Waals surface area contributed by atoms with Crippen molar-refractivity contribution in [2.24, 2.45) is 0 Å². The van der Waals surface area contributed by atoms with Crippen LogP contribution in [0.4, 0.5) is 0 Å². The lowest BCUT2D eigenvalue weighted by Crippen LogP contribution is -2.23. The van der Waals surface area contributed by atoms with Crippen molar-refractivity contribution in [3.63, 3.8) is 0 Å². The summed E-state index contributed by atoms with van der Waals surface area (Å²) < 4.78 is 1.06. The Hall–Kier alpha value is -0.630. The van der Waals surface area contributed by atoms with Gasteiger partial charge in [-0.25, -0.2) is 0 Å². The van der Waals surface area contributed by atoms with Crippen LogP contribution in [0.3, 0.4) is 0 Å². The van der Waals surface area contributed by atoms with Crippen molar-refractivity contribution in [2.45, 2.75) is 18.8 Å². The number of rotatable bonds is 1. The average molecular weight is 225 g/mol. The standard InChI is InChI=1S/C10H9BrO/c11-9-4-2-1-3-7(9)8-5-6-10(8)12/h1-4,8H,5-6H2. The number of hydrogen-bond acceptors (Lipinski definition) is 1. The van der Waals surface area contributed by atoms with E-state index >= 15 is 0 Å². The van der Waals surface area contributed by atoms with Gasteiger partial charge in [0.25, 0.3) is 0 Å². The molecule has 1 aliphatic carbocycles. The molecule has 12 heavy (non-hydrogen) atoms. The van der Waals surface area contributed by atoms with Crippen LogP contribution in [-0.2, 0) is 4.79 Å². The molecular weight excluding hydrogens is 216 g/mol. The summed E-state index contributed by atoms with van der Waals surface area (Å²) in [5.41, 5.74) is 1.15. The SMILES string of the molecule is O=C1CCC1c1ccccc1Br. The average Bonchev–Trinajstić information content (AvgIpc) is 2.06. The first-order chi connectivity index (χ1) is 5.79. The van der Waals surface area contributed by atoms with Crippen molar-refractivity contribution in [2.75, 3.05) is 0 Å². The summed E-state index contributed by atoms with van der Waals surface area (Å²) in [6, 6.07) is 7.95. The maximum Gasteiger partial charge on any atom is 0.140 e. The van der Waals surface area contributed by atoms with Crippen molar-refractivity contribution < 1.29 is 4.79 Å². The van der Waals surface area contributed by atoms with E-state index in [1.807, 2.05) is 24.3 Å². The van der Waals surface area contributed by atoms with Gasteiger partial charge in [-0.2, -0.15) is 0 Å². The van der Waals surface area contributed by atoms with E-state index in [-0.39, 0.29) is 5.92 Å². The van der Waals surface area contributed by atoms with Gasteiger partial charge in [0.15, 0.2) is 0 Å². The minimum absolute atomic E-state index is 0.167. The summed E-state index contributed by atoms with van der Waals surface area (Å²) in [5, 5.41) is 0. The number of benzene rings is 1. The first-order valence-electron chi connectivity index (χ1n) is 4.06. The number of Topliss-reactive ketones (excluding diaryl/α,β-unsaturated/α-hetero) is 1. The van der Waals surface area contributed by atoms with Crippen molar-refractivity contribution >= 4 is 21.7 Å². The van der Waals surface area contributed by atoms with E-state index in [0.717, 1.165) is 22.9 Å². The second kappa shape index (κ2) is 3.02. The van der Waals surface area contributed by atoms with Crippen LogP contribution in [0.2, 0.25) is 0 Å². The summed E-state index contributed by atoms with van der Waals surface area (Å²) in [6.07, 6.45) is 1.77. The van der Waals surface area contributed by atoms with E-state index in [0.29, 0.717) is 5.78 Å². The Bertz CT molecular complexity index is 319. The van der Waals surface area contributed by atoms with Crippen molar-refractivity contribution in [1.82, 2.24) is 0 Å². The number of carbonyl (C=O) groups excluding carboxylic acids is 1. The highest BCUT2D eigenvalue weighted by Crippen LogP contribution is 2.36. The van der Waals surface area contributed by atoms with E-state index in [2.05, 4.69) is 15.9 Å². The Kier molecular flexibility index (Phi) is 2.01. The molecular formula is C10H9BrO. The van der Waals surface area contributed by atoms with Gasteiger partial charge in [-0.1, -0.05) is 34.1 Å². The molecule has 0 saturated heterocycles. The van der Waals surface area contributed by atoms with Crippen LogP contribution < -0.4 is 0 Å². The topological polar surface area (TPSA) is 17.1 Å². The fourth-order valence-corrected chi connectivity index (χ4v) is 2.05. The number of carbonyl (C=O) groups is 1. The minimum Gasteiger partial charge on any atom is -0.299 e. The lowest BCUT2D eigenvalue weighted by Gasteiger charge is -2.24. The monoisotopic (exact) mass is 224 g/mol. The zero-order valence-corrected chi connectivity index (χ0v) is 8.17. The molecule has 0 aromatic heterocycles. The second-order valence-corrected chi connectivity index (χ2v) is 3.93. The van der Waals surface area contributed by atoms with Crippen LogP contribution in [0.25, 0.3) is 0 Å². The van der Waals surface area contributed by atoms with Crippen molar-refractivity contribution in [3.05, 3.63) is 34.3 Å². The molecule has 1 fully saturated rings. The molecule has 2 heteroatoms. The first kappa shape index (κ1) is 7.99. The Balaban J connectivity index is 2.33.